The number of hydrogen-bond donors (Lipinski definition) is 2. The number of benzene rings is 3. The maximum absolute atomic E-state index is 12.3. The van der Waals surface area contributed by atoms with Crippen molar-refractivity contribution >= 4 is 44.9 Å². The topological polar surface area (TPSA) is 59.6 Å². The Morgan fingerprint density at radius 3 is 2.34 bits per heavy atom. The molecule has 0 bridgehead atoms. The number of anilines is 1. The van der Waals surface area contributed by atoms with Crippen LogP contribution in [0.3, 0.4) is 0 Å². The van der Waals surface area contributed by atoms with Gasteiger partial charge in [0, 0.05) is 10.2 Å². The van der Waals surface area contributed by atoms with Gasteiger partial charge in [0.15, 0.2) is 11.7 Å². The standard InChI is InChI=1S/C25H25BrN2O3S/c1-16(2)21-14-22(26)17(3)13-23(21)30-15-24(29)28-25(32)27-18-9-11-20(12-10-18)31-19-7-5-4-6-8-19/h4-14,16H,15H2,1-3H3,(H2,27,28,29,32). The van der Waals surface area contributed by atoms with Crippen molar-refractivity contribution in [2.24, 2.45) is 0 Å². The number of rotatable bonds is 7. The van der Waals surface area contributed by atoms with Gasteiger partial charge >= 0.3 is 0 Å². The van der Waals surface area contributed by atoms with Gasteiger partial charge in [0.1, 0.15) is 17.2 Å². The fourth-order valence-electron chi connectivity index (χ4n) is 2.95. The van der Waals surface area contributed by atoms with Crippen LogP contribution in [0.2, 0.25) is 0 Å². The Morgan fingerprint density at radius 2 is 1.69 bits per heavy atom. The van der Waals surface area contributed by atoms with E-state index in [1.807, 2.05) is 73.7 Å². The lowest BCUT2D eigenvalue weighted by Crippen LogP contribution is -2.37. The third-order valence-corrected chi connectivity index (χ3v) is 5.67. The number of nitrogens with one attached hydrogen (secondary N) is 2. The third kappa shape index (κ3) is 6.80. The number of para-hydroxylation sites is 1. The zero-order chi connectivity index (χ0) is 23.1. The minimum Gasteiger partial charge on any atom is -0.483 e. The second kappa shape index (κ2) is 11.1. The largest absolute Gasteiger partial charge is 0.483 e. The van der Waals surface area contributed by atoms with Crippen LogP contribution < -0.4 is 20.1 Å². The molecule has 1 amide bonds. The van der Waals surface area contributed by atoms with Crippen LogP contribution >= 0.6 is 28.1 Å². The van der Waals surface area contributed by atoms with Crippen molar-refractivity contribution in [3.8, 4) is 17.2 Å². The van der Waals surface area contributed by atoms with E-state index in [4.69, 9.17) is 21.7 Å². The Labute approximate surface area is 202 Å². The van der Waals surface area contributed by atoms with E-state index in [-0.39, 0.29) is 23.5 Å². The van der Waals surface area contributed by atoms with Crippen LogP contribution in [0.5, 0.6) is 17.2 Å². The molecule has 3 aromatic rings. The Morgan fingerprint density at radius 1 is 1.03 bits per heavy atom. The highest BCUT2D eigenvalue weighted by Crippen LogP contribution is 2.32. The SMILES string of the molecule is Cc1cc(OCC(=O)NC(=S)Nc2ccc(Oc3ccccc3)cc2)c(C(C)C)cc1Br. The molecule has 0 aromatic heterocycles. The molecular weight excluding hydrogens is 488 g/mol. The van der Waals surface area contributed by atoms with Crippen LogP contribution in [0.1, 0.15) is 30.9 Å². The molecule has 0 atom stereocenters. The van der Waals surface area contributed by atoms with Gasteiger partial charge in [-0.2, -0.15) is 0 Å². The summed E-state index contributed by atoms with van der Waals surface area (Å²) in [5.41, 5.74) is 2.82. The number of carbonyl (C=O) groups excluding carboxylic acids is 1. The summed E-state index contributed by atoms with van der Waals surface area (Å²) < 4.78 is 12.6. The van der Waals surface area contributed by atoms with E-state index in [0.717, 1.165) is 27.0 Å². The van der Waals surface area contributed by atoms with Gasteiger partial charge in [-0.15, -0.1) is 0 Å². The lowest BCUT2D eigenvalue weighted by Gasteiger charge is -2.16. The molecule has 32 heavy (non-hydrogen) atoms. The zero-order valence-electron chi connectivity index (χ0n) is 18.1. The first-order chi connectivity index (χ1) is 15.3. The molecular formula is C25H25BrN2O3S. The van der Waals surface area contributed by atoms with Crippen molar-refractivity contribution in [1.29, 1.82) is 0 Å². The second-order valence-corrected chi connectivity index (χ2v) is 8.79. The predicted octanol–water partition coefficient (Wildman–Crippen LogP) is 6.57. The molecule has 0 aliphatic heterocycles. The summed E-state index contributed by atoms with van der Waals surface area (Å²) >= 11 is 8.80. The van der Waals surface area contributed by atoms with Crippen molar-refractivity contribution < 1.29 is 14.3 Å². The highest BCUT2D eigenvalue weighted by Gasteiger charge is 2.13. The maximum atomic E-state index is 12.3. The first-order valence-electron chi connectivity index (χ1n) is 10.2. The number of hydrogen-bond acceptors (Lipinski definition) is 4. The number of ether oxygens (including phenoxy) is 2. The lowest BCUT2D eigenvalue weighted by atomic mass is 10.0. The molecule has 0 unspecified atom stereocenters. The molecule has 0 spiro atoms. The Balaban J connectivity index is 1.51. The molecule has 0 aliphatic rings. The predicted molar refractivity (Wildman–Crippen MR) is 136 cm³/mol. The molecule has 0 aliphatic carbocycles. The van der Waals surface area contributed by atoms with Crippen molar-refractivity contribution in [1.82, 2.24) is 5.32 Å². The zero-order valence-corrected chi connectivity index (χ0v) is 20.5. The molecule has 7 heteroatoms. The molecule has 0 heterocycles. The van der Waals surface area contributed by atoms with Crippen molar-refractivity contribution in [2.45, 2.75) is 26.7 Å². The molecule has 2 N–H and O–H groups in total. The Bertz CT molecular complexity index is 1090. The summed E-state index contributed by atoms with van der Waals surface area (Å²) in [4.78, 5) is 12.3. The normalized spacial score (nSPS) is 10.5. The molecule has 0 fully saturated rings. The summed E-state index contributed by atoms with van der Waals surface area (Å²) in [5, 5.41) is 5.83. The van der Waals surface area contributed by atoms with Crippen LogP contribution in [0, 0.1) is 6.92 Å². The van der Waals surface area contributed by atoms with E-state index in [1.165, 1.54) is 0 Å². The van der Waals surface area contributed by atoms with Gasteiger partial charge in [-0.05, 0) is 84.7 Å². The van der Waals surface area contributed by atoms with Crippen LogP contribution in [0.25, 0.3) is 0 Å². The molecule has 5 nitrogen and oxygen atoms in total. The van der Waals surface area contributed by atoms with E-state index < -0.39 is 0 Å². The molecule has 166 valence electrons. The number of carbonyl (C=O) groups is 1. The van der Waals surface area contributed by atoms with Gasteiger partial charge in [-0.25, -0.2) is 0 Å². The smallest absolute Gasteiger partial charge is 0.264 e. The van der Waals surface area contributed by atoms with E-state index in [1.54, 1.807) is 0 Å². The number of amides is 1. The van der Waals surface area contributed by atoms with Crippen LogP contribution in [0.15, 0.2) is 71.2 Å². The summed E-state index contributed by atoms with van der Waals surface area (Å²) in [7, 11) is 0. The van der Waals surface area contributed by atoms with Gasteiger partial charge < -0.3 is 14.8 Å². The van der Waals surface area contributed by atoms with E-state index in [9.17, 15) is 4.79 Å². The molecule has 0 saturated carbocycles. The maximum Gasteiger partial charge on any atom is 0.264 e. The monoisotopic (exact) mass is 512 g/mol. The van der Waals surface area contributed by atoms with E-state index in [0.29, 0.717) is 11.5 Å². The molecule has 3 aromatic carbocycles. The minimum absolute atomic E-state index is 0.132. The van der Waals surface area contributed by atoms with Gasteiger partial charge in [0.05, 0.1) is 0 Å². The van der Waals surface area contributed by atoms with Crippen LogP contribution in [-0.2, 0) is 4.79 Å². The van der Waals surface area contributed by atoms with Crippen molar-refractivity contribution in [3.05, 3.63) is 82.3 Å². The number of halogens is 1. The fourth-order valence-corrected chi connectivity index (χ4v) is 3.54. The first kappa shape index (κ1) is 23.8. The summed E-state index contributed by atoms with van der Waals surface area (Å²) in [6, 6.07) is 20.8. The fraction of sp³-hybridized carbons (Fsp3) is 0.200. The molecule has 0 radical (unpaired) electrons. The Hall–Kier alpha value is -2.90. The Kier molecular flexibility index (Phi) is 8.25. The molecule has 0 saturated heterocycles. The lowest BCUT2D eigenvalue weighted by molar-refractivity contribution is -0.121. The quantitative estimate of drug-likeness (QED) is 0.350. The highest BCUT2D eigenvalue weighted by molar-refractivity contribution is 9.10. The van der Waals surface area contributed by atoms with E-state index >= 15 is 0 Å². The number of aryl methyl sites for hydroxylation is 1. The van der Waals surface area contributed by atoms with E-state index in [2.05, 4.69) is 40.4 Å². The second-order valence-electron chi connectivity index (χ2n) is 7.52. The van der Waals surface area contributed by atoms with Gasteiger partial charge in [-0.1, -0.05) is 48.0 Å². The van der Waals surface area contributed by atoms with Crippen LogP contribution in [-0.4, -0.2) is 17.6 Å². The van der Waals surface area contributed by atoms with Crippen molar-refractivity contribution in [2.75, 3.05) is 11.9 Å². The average molecular weight is 513 g/mol. The molecule has 3 rings (SSSR count). The van der Waals surface area contributed by atoms with Crippen molar-refractivity contribution in [3.63, 3.8) is 0 Å². The summed E-state index contributed by atoms with van der Waals surface area (Å²) in [6.45, 7) is 6.02. The highest BCUT2D eigenvalue weighted by atomic mass is 79.9. The summed E-state index contributed by atoms with van der Waals surface area (Å²) in [6.07, 6.45) is 0. The van der Waals surface area contributed by atoms with Gasteiger partial charge in [-0.3, -0.25) is 10.1 Å². The van der Waals surface area contributed by atoms with Gasteiger partial charge in [0.25, 0.3) is 5.91 Å². The number of thiocarbonyl (C=S) groups is 1. The summed E-state index contributed by atoms with van der Waals surface area (Å²) in [5.74, 6) is 2.10. The average Bonchev–Trinajstić information content (AvgIpc) is 2.76. The van der Waals surface area contributed by atoms with Crippen LogP contribution in [0.4, 0.5) is 5.69 Å². The minimum atomic E-state index is -0.332. The first-order valence-corrected chi connectivity index (χ1v) is 11.4. The third-order valence-electron chi connectivity index (χ3n) is 4.62. The van der Waals surface area contributed by atoms with Gasteiger partial charge in [0.2, 0.25) is 0 Å².